The van der Waals surface area contributed by atoms with Crippen molar-refractivity contribution in [3.05, 3.63) is 23.8 Å². The van der Waals surface area contributed by atoms with Crippen LogP contribution in [0.4, 0.5) is 0 Å². The van der Waals surface area contributed by atoms with Crippen LogP contribution < -0.4 is 25.4 Å². The fraction of sp³-hybridized carbons (Fsp3) is 0.619. The van der Waals surface area contributed by atoms with E-state index >= 15 is 0 Å². The maximum Gasteiger partial charge on any atom is 0.257 e. The molecule has 1 aromatic rings. The predicted octanol–water partition coefficient (Wildman–Crippen LogP) is 1.61. The molecule has 0 spiro atoms. The summed E-state index contributed by atoms with van der Waals surface area (Å²) in [5, 5.41) is 9.23. The number of amides is 2. The van der Waals surface area contributed by atoms with Gasteiger partial charge in [0.2, 0.25) is 5.91 Å². The van der Waals surface area contributed by atoms with Gasteiger partial charge in [-0.3, -0.25) is 9.59 Å². The average molecular weight is 389 g/mol. The largest absolute Gasteiger partial charge is 0.493 e. The molecule has 154 valence electrons. The van der Waals surface area contributed by atoms with Crippen molar-refractivity contribution in [3.8, 4) is 11.5 Å². The Balaban J connectivity index is 1.60. The van der Waals surface area contributed by atoms with E-state index in [1.54, 1.807) is 13.2 Å². The molecule has 7 nitrogen and oxygen atoms in total. The van der Waals surface area contributed by atoms with Crippen molar-refractivity contribution in [2.45, 2.75) is 39.2 Å². The normalized spacial score (nSPS) is 23.6. The number of fused-ring (bicyclic) bond motifs is 1. The molecule has 28 heavy (non-hydrogen) atoms. The van der Waals surface area contributed by atoms with Crippen LogP contribution in [-0.2, 0) is 16.1 Å². The average Bonchev–Trinajstić information content (AvgIpc) is 3.16. The molecule has 0 radical (unpaired) electrons. The second-order valence-corrected chi connectivity index (χ2v) is 7.64. The molecule has 3 rings (SSSR count). The number of carbonyl (C=O) groups excluding carboxylic acids is 2. The number of hydrogen-bond acceptors (Lipinski definition) is 5. The topological polar surface area (TPSA) is 88.7 Å². The van der Waals surface area contributed by atoms with Gasteiger partial charge in [-0.1, -0.05) is 18.9 Å². The zero-order valence-corrected chi connectivity index (χ0v) is 16.8. The monoisotopic (exact) mass is 389 g/mol. The van der Waals surface area contributed by atoms with Crippen LogP contribution in [-0.4, -0.2) is 45.2 Å². The van der Waals surface area contributed by atoms with Gasteiger partial charge in [0.05, 0.1) is 12.5 Å². The molecule has 1 aliphatic carbocycles. The zero-order chi connectivity index (χ0) is 20.0. The van der Waals surface area contributed by atoms with Crippen LogP contribution in [0.5, 0.6) is 11.5 Å². The van der Waals surface area contributed by atoms with Gasteiger partial charge < -0.3 is 25.4 Å². The molecule has 2 aliphatic rings. The van der Waals surface area contributed by atoms with Gasteiger partial charge in [-0.2, -0.15) is 0 Å². The highest BCUT2D eigenvalue weighted by Gasteiger charge is 2.49. The molecule has 0 bridgehead atoms. The van der Waals surface area contributed by atoms with Crippen molar-refractivity contribution in [3.63, 3.8) is 0 Å². The molecular weight excluding hydrogens is 358 g/mol. The fourth-order valence-corrected chi connectivity index (χ4v) is 4.38. The smallest absolute Gasteiger partial charge is 0.257 e. The summed E-state index contributed by atoms with van der Waals surface area (Å²) in [6, 6.07) is 5.51. The molecule has 2 amide bonds. The Morgan fingerprint density at radius 3 is 2.89 bits per heavy atom. The van der Waals surface area contributed by atoms with E-state index in [0.717, 1.165) is 37.9 Å². The van der Waals surface area contributed by atoms with Gasteiger partial charge in [-0.25, -0.2) is 0 Å². The standard InChI is InChI=1S/C21H31N3O4/c1-3-23-19(25)13-28-17-8-7-15(10-18(17)27-2)11-24-20(26)21-9-5-4-6-16(21)12-22-14-21/h7-8,10,16,22H,3-6,9,11-14H2,1-2H3,(H,23,25)(H,24,26)/t16-,21+/m0/s1. The van der Waals surface area contributed by atoms with Gasteiger partial charge in [-0.15, -0.1) is 0 Å². The van der Waals surface area contributed by atoms with Crippen LogP contribution in [0.15, 0.2) is 18.2 Å². The van der Waals surface area contributed by atoms with Crippen molar-refractivity contribution in [1.82, 2.24) is 16.0 Å². The van der Waals surface area contributed by atoms with E-state index in [0.29, 0.717) is 30.5 Å². The number of likely N-dealkylation sites (N-methyl/N-ethyl adjacent to an activating group) is 1. The van der Waals surface area contributed by atoms with Gasteiger partial charge in [0.25, 0.3) is 5.91 Å². The van der Waals surface area contributed by atoms with Crippen LogP contribution in [0, 0.1) is 11.3 Å². The van der Waals surface area contributed by atoms with Crippen molar-refractivity contribution in [1.29, 1.82) is 0 Å². The number of hydrogen-bond donors (Lipinski definition) is 3. The maximum atomic E-state index is 13.0. The number of rotatable bonds is 8. The van der Waals surface area contributed by atoms with Crippen molar-refractivity contribution in [2.75, 3.05) is 33.4 Å². The molecule has 2 atom stereocenters. The molecule has 3 N–H and O–H groups in total. The lowest BCUT2D eigenvalue weighted by molar-refractivity contribution is -0.134. The minimum atomic E-state index is -0.252. The van der Waals surface area contributed by atoms with Crippen LogP contribution >= 0.6 is 0 Å². The number of nitrogens with one attached hydrogen (secondary N) is 3. The summed E-state index contributed by atoms with van der Waals surface area (Å²) in [4.78, 5) is 24.6. The number of methoxy groups -OCH3 is 1. The second kappa shape index (κ2) is 9.28. The van der Waals surface area contributed by atoms with E-state index in [-0.39, 0.29) is 23.8 Å². The molecular formula is C21H31N3O4. The first-order valence-corrected chi connectivity index (χ1v) is 10.1. The Morgan fingerprint density at radius 2 is 2.11 bits per heavy atom. The lowest BCUT2D eigenvalue weighted by atomic mass is 9.67. The van der Waals surface area contributed by atoms with Gasteiger partial charge in [0, 0.05) is 19.6 Å². The highest BCUT2D eigenvalue weighted by atomic mass is 16.5. The highest BCUT2D eigenvalue weighted by molar-refractivity contribution is 5.84. The minimum Gasteiger partial charge on any atom is -0.493 e. The van der Waals surface area contributed by atoms with E-state index in [2.05, 4.69) is 16.0 Å². The van der Waals surface area contributed by atoms with Crippen molar-refractivity contribution in [2.24, 2.45) is 11.3 Å². The Kier molecular flexibility index (Phi) is 6.78. The Bertz CT molecular complexity index is 709. The minimum absolute atomic E-state index is 0.0583. The maximum absolute atomic E-state index is 13.0. The molecule has 1 saturated heterocycles. The summed E-state index contributed by atoms with van der Waals surface area (Å²) in [6.07, 6.45) is 4.44. The SMILES string of the molecule is CCNC(=O)COc1ccc(CNC(=O)[C@@]23CCCC[C@H]2CNC3)cc1OC. The van der Waals surface area contributed by atoms with Crippen LogP contribution in [0.1, 0.15) is 38.2 Å². The lowest BCUT2D eigenvalue weighted by Gasteiger charge is -2.37. The van der Waals surface area contributed by atoms with Crippen LogP contribution in [0.3, 0.4) is 0 Å². The lowest BCUT2D eigenvalue weighted by Crippen LogP contribution is -2.47. The number of carbonyl (C=O) groups is 2. The van der Waals surface area contributed by atoms with Gasteiger partial charge in [0.1, 0.15) is 0 Å². The second-order valence-electron chi connectivity index (χ2n) is 7.64. The first-order valence-electron chi connectivity index (χ1n) is 10.1. The third-order valence-electron chi connectivity index (χ3n) is 5.90. The summed E-state index contributed by atoms with van der Waals surface area (Å²) < 4.78 is 10.9. The molecule has 1 saturated carbocycles. The molecule has 1 heterocycles. The van der Waals surface area contributed by atoms with E-state index in [1.165, 1.54) is 6.42 Å². The Labute approximate surface area is 166 Å². The molecule has 2 fully saturated rings. The quantitative estimate of drug-likeness (QED) is 0.629. The summed E-state index contributed by atoms with van der Waals surface area (Å²) in [6.45, 7) is 4.53. The van der Waals surface area contributed by atoms with Crippen LogP contribution in [0.25, 0.3) is 0 Å². The van der Waals surface area contributed by atoms with Gasteiger partial charge in [0.15, 0.2) is 18.1 Å². The molecule has 0 unspecified atom stereocenters. The predicted molar refractivity (Wildman–Crippen MR) is 106 cm³/mol. The van der Waals surface area contributed by atoms with E-state index < -0.39 is 0 Å². The third-order valence-corrected chi connectivity index (χ3v) is 5.90. The molecule has 1 aromatic carbocycles. The summed E-state index contributed by atoms with van der Waals surface area (Å²) >= 11 is 0. The Morgan fingerprint density at radius 1 is 1.25 bits per heavy atom. The van der Waals surface area contributed by atoms with E-state index in [9.17, 15) is 9.59 Å². The number of benzene rings is 1. The summed E-state index contributed by atoms with van der Waals surface area (Å²) in [5.41, 5.74) is 0.683. The molecule has 7 heteroatoms. The third kappa shape index (κ3) is 4.41. The van der Waals surface area contributed by atoms with Crippen molar-refractivity contribution >= 4 is 11.8 Å². The summed E-state index contributed by atoms with van der Waals surface area (Å²) in [5.74, 6) is 1.48. The number of ether oxygens (including phenoxy) is 2. The van der Waals surface area contributed by atoms with Gasteiger partial charge >= 0.3 is 0 Å². The Hall–Kier alpha value is -2.28. The van der Waals surface area contributed by atoms with E-state index in [1.807, 2.05) is 19.1 Å². The fourth-order valence-electron chi connectivity index (χ4n) is 4.38. The first-order chi connectivity index (χ1) is 13.6. The zero-order valence-electron chi connectivity index (χ0n) is 16.8. The highest BCUT2D eigenvalue weighted by Crippen LogP contribution is 2.44. The molecule has 0 aromatic heterocycles. The van der Waals surface area contributed by atoms with Crippen molar-refractivity contribution < 1.29 is 19.1 Å². The van der Waals surface area contributed by atoms with E-state index in [4.69, 9.17) is 9.47 Å². The first kappa shape index (κ1) is 20.5. The summed E-state index contributed by atoms with van der Waals surface area (Å²) in [7, 11) is 1.56. The van der Waals surface area contributed by atoms with Gasteiger partial charge in [-0.05, 0) is 49.9 Å². The van der Waals surface area contributed by atoms with Crippen LogP contribution in [0.2, 0.25) is 0 Å². The molecule has 1 aliphatic heterocycles.